The van der Waals surface area contributed by atoms with E-state index in [1.807, 2.05) is 0 Å². The van der Waals surface area contributed by atoms with E-state index >= 15 is 0 Å². The molecule has 0 spiro atoms. The van der Waals surface area contributed by atoms with Crippen LogP contribution in [-0.2, 0) is 6.42 Å². The average molecular weight is 277 g/mol. The molecule has 1 heterocycles. The number of fused-ring (bicyclic) bond motifs is 1. The van der Waals surface area contributed by atoms with Gasteiger partial charge in [0.25, 0.3) is 0 Å². The van der Waals surface area contributed by atoms with Crippen molar-refractivity contribution >= 4 is 11.8 Å². The summed E-state index contributed by atoms with van der Waals surface area (Å²) in [5.74, 6) is 8.96. The van der Waals surface area contributed by atoms with Crippen molar-refractivity contribution in [1.29, 1.82) is 0 Å². The van der Waals surface area contributed by atoms with Crippen LogP contribution in [-0.4, -0.2) is 42.1 Å². The van der Waals surface area contributed by atoms with Crippen molar-refractivity contribution in [3.8, 4) is 0 Å². The van der Waals surface area contributed by atoms with Crippen LogP contribution in [0.3, 0.4) is 0 Å². The Morgan fingerprint density at radius 3 is 3.05 bits per heavy atom. The van der Waals surface area contributed by atoms with E-state index < -0.39 is 0 Å². The molecule has 3 unspecified atom stereocenters. The third kappa shape index (κ3) is 2.68. The molecule has 0 amide bonds. The van der Waals surface area contributed by atoms with E-state index in [1.165, 1.54) is 35.6 Å². The Balaban J connectivity index is 1.65. The molecule has 104 valence electrons. The smallest absolute Gasteiger partial charge is 0.0380 e. The molecular weight excluding hydrogens is 254 g/mol. The van der Waals surface area contributed by atoms with Gasteiger partial charge >= 0.3 is 0 Å². The normalized spacial score (nSPS) is 28.5. The Hall–Kier alpha value is -0.550. The van der Waals surface area contributed by atoms with Gasteiger partial charge in [-0.25, -0.2) is 0 Å². The summed E-state index contributed by atoms with van der Waals surface area (Å²) in [7, 11) is 2.23. The number of hydrogen-bond acceptors (Lipinski definition) is 4. The second kappa shape index (κ2) is 5.83. The molecule has 0 aromatic heterocycles. The van der Waals surface area contributed by atoms with E-state index in [4.69, 9.17) is 5.84 Å². The molecular formula is C15H23N3S. The lowest BCUT2D eigenvalue weighted by Crippen LogP contribution is -2.55. The van der Waals surface area contributed by atoms with Gasteiger partial charge in [0, 0.05) is 30.1 Å². The molecule has 19 heavy (non-hydrogen) atoms. The van der Waals surface area contributed by atoms with E-state index in [-0.39, 0.29) is 0 Å². The van der Waals surface area contributed by atoms with Gasteiger partial charge < -0.3 is 4.90 Å². The maximum atomic E-state index is 5.83. The topological polar surface area (TPSA) is 41.3 Å². The van der Waals surface area contributed by atoms with Crippen LogP contribution in [0.15, 0.2) is 24.3 Å². The van der Waals surface area contributed by atoms with Crippen LogP contribution in [0.1, 0.15) is 23.5 Å². The van der Waals surface area contributed by atoms with Gasteiger partial charge in [0.1, 0.15) is 0 Å². The first-order chi connectivity index (χ1) is 9.29. The molecule has 1 aromatic carbocycles. The number of hydrazine groups is 1. The number of nitrogens with zero attached hydrogens (tertiary/aromatic N) is 1. The zero-order valence-electron chi connectivity index (χ0n) is 11.5. The first kappa shape index (κ1) is 13.4. The van der Waals surface area contributed by atoms with E-state index in [0.29, 0.717) is 18.0 Å². The summed E-state index contributed by atoms with van der Waals surface area (Å²) in [6.45, 7) is 1.18. The second-order valence-electron chi connectivity index (χ2n) is 5.73. The third-order valence-electron chi connectivity index (χ3n) is 4.62. The molecule has 1 fully saturated rings. The molecule has 3 atom stereocenters. The Morgan fingerprint density at radius 1 is 1.47 bits per heavy atom. The summed E-state index contributed by atoms with van der Waals surface area (Å²) in [6.07, 6.45) is 2.38. The Morgan fingerprint density at radius 2 is 2.32 bits per heavy atom. The van der Waals surface area contributed by atoms with Crippen LogP contribution in [0, 0.1) is 0 Å². The minimum atomic E-state index is 0.399. The fourth-order valence-corrected chi connectivity index (χ4v) is 4.66. The zero-order chi connectivity index (χ0) is 13.2. The monoisotopic (exact) mass is 277 g/mol. The van der Waals surface area contributed by atoms with E-state index in [0.717, 1.165) is 6.42 Å². The molecule has 0 radical (unpaired) electrons. The van der Waals surface area contributed by atoms with Crippen LogP contribution in [0.5, 0.6) is 0 Å². The lowest BCUT2D eigenvalue weighted by Gasteiger charge is -2.40. The largest absolute Gasteiger partial charge is 0.300 e. The number of benzene rings is 1. The average Bonchev–Trinajstić information content (AvgIpc) is 2.42. The summed E-state index contributed by atoms with van der Waals surface area (Å²) in [5, 5.41) is 0. The highest BCUT2D eigenvalue weighted by atomic mass is 32.2. The molecule has 1 aliphatic carbocycles. The number of rotatable bonds is 4. The molecule has 3 N–H and O–H groups in total. The van der Waals surface area contributed by atoms with Gasteiger partial charge in [-0.3, -0.25) is 11.3 Å². The fraction of sp³-hybridized carbons (Fsp3) is 0.600. The van der Waals surface area contributed by atoms with Crippen molar-refractivity contribution in [3.63, 3.8) is 0 Å². The molecule has 4 heteroatoms. The molecule has 1 saturated heterocycles. The maximum Gasteiger partial charge on any atom is 0.0380 e. The molecule has 1 aliphatic heterocycles. The summed E-state index contributed by atoms with van der Waals surface area (Å²) in [4.78, 5) is 2.46. The van der Waals surface area contributed by atoms with Gasteiger partial charge in [-0.05, 0) is 36.9 Å². The highest BCUT2D eigenvalue weighted by Gasteiger charge is 2.33. The quantitative estimate of drug-likeness (QED) is 0.648. The SMILES string of the molecule is CN1CCSCC1C(CC1Cc2ccccc21)NN. The predicted molar refractivity (Wildman–Crippen MR) is 82.4 cm³/mol. The van der Waals surface area contributed by atoms with Gasteiger partial charge in [0.2, 0.25) is 0 Å². The van der Waals surface area contributed by atoms with Crippen molar-refractivity contribution in [2.45, 2.75) is 30.8 Å². The van der Waals surface area contributed by atoms with Gasteiger partial charge in [-0.1, -0.05) is 24.3 Å². The lowest BCUT2D eigenvalue weighted by atomic mass is 9.74. The molecule has 3 rings (SSSR count). The second-order valence-corrected chi connectivity index (χ2v) is 6.88. The summed E-state index contributed by atoms with van der Waals surface area (Å²) < 4.78 is 0. The standard InChI is InChI=1S/C15H23N3S/c1-18-6-7-19-10-15(18)14(17-16)9-12-8-11-4-2-3-5-13(11)12/h2-5,12,14-15,17H,6-10,16H2,1H3. The first-order valence-electron chi connectivity index (χ1n) is 7.11. The number of hydrogen-bond donors (Lipinski definition) is 2. The molecule has 1 aromatic rings. The Labute approximate surface area is 119 Å². The predicted octanol–water partition coefficient (Wildman–Crippen LogP) is 1.60. The van der Waals surface area contributed by atoms with Gasteiger partial charge in [0.15, 0.2) is 0 Å². The van der Waals surface area contributed by atoms with E-state index in [1.54, 1.807) is 0 Å². The Kier molecular flexibility index (Phi) is 4.12. The molecule has 0 bridgehead atoms. The molecule has 0 saturated carbocycles. The van der Waals surface area contributed by atoms with E-state index in [9.17, 15) is 0 Å². The minimum Gasteiger partial charge on any atom is -0.300 e. The molecule has 2 aliphatic rings. The highest BCUT2D eigenvalue weighted by molar-refractivity contribution is 7.99. The maximum absolute atomic E-state index is 5.83. The van der Waals surface area contributed by atoms with Crippen molar-refractivity contribution in [2.75, 3.05) is 25.1 Å². The van der Waals surface area contributed by atoms with Crippen molar-refractivity contribution in [3.05, 3.63) is 35.4 Å². The fourth-order valence-electron chi connectivity index (χ4n) is 3.34. The zero-order valence-corrected chi connectivity index (χ0v) is 12.3. The minimum absolute atomic E-state index is 0.399. The lowest BCUT2D eigenvalue weighted by molar-refractivity contribution is 0.200. The van der Waals surface area contributed by atoms with Crippen LogP contribution in [0.4, 0.5) is 0 Å². The number of likely N-dealkylation sites (N-methyl/N-ethyl adjacent to an activating group) is 1. The van der Waals surface area contributed by atoms with Crippen LogP contribution in [0.25, 0.3) is 0 Å². The molecule has 3 nitrogen and oxygen atoms in total. The number of nitrogens with one attached hydrogen (secondary N) is 1. The number of thioether (sulfide) groups is 1. The van der Waals surface area contributed by atoms with Crippen molar-refractivity contribution < 1.29 is 0 Å². The first-order valence-corrected chi connectivity index (χ1v) is 8.27. The van der Waals surface area contributed by atoms with Crippen molar-refractivity contribution in [1.82, 2.24) is 10.3 Å². The number of nitrogens with two attached hydrogens (primary N) is 1. The highest BCUT2D eigenvalue weighted by Crippen LogP contribution is 2.38. The summed E-state index contributed by atoms with van der Waals surface area (Å²) in [5.41, 5.74) is 6.14. The van der Waals surface area contributed by atoms with Gasteiger partial charge in [-0.15, -0.1) is 0 Å². The summed E-state index contributed by atoms with van der Waals surface area (Å²) >= 11 is 2.05. The summed E-state index contributed by atoms with van der Waals surface area (Å²) in [6, 6.07) is 9.78. The van der Waals surface area contributed by atoms with Crippen molar-refractivity contribution in [2.24, 2.45) is 5.84 Å². The van der Waals surface area contributed by atoms with Crippen LogP contribution in [0.2, 0.25) is 0 Å². The van der Waals surface area contributed by atoms with Crippen LogP contribution < -0.4 is 11.3 Å². The third-order valence-corrected chi connectivity index (χ3v) is 5.67. The van der Waals surface area contributed by atoms with Gasteiger partial charge in [-0.2, -0.15) is 11.8 Å². The van der Waals surface area contributed by atoms with E-state index in [2.05, 4.69) is 53.4 Å². The van der Waals surface area contributed by atoms with Crippen LogP contribution >= 0.6 is 11.8 Å². The Bertz CT molecular complexity index is 437. The van der Waals surface area contributed by atoms with Gasteiger partial charge in [0.05, 0.1) is 0 Å².